The molecule has 0 bridgehead atoms. The topological polar surface area (TPSA) is 84.5 Å². The van der Waals surface area contributed by atoms with Gasteiger partial charge in [0.25, 0.3) is 15.9 Å². The Morgan fingerprint density at radius 2 is 1.67 bits per heavy atom. The minimum absolute atomic E-state index is 0.0774. The number of carbonyl (C=O) groups is 1. The smallest absolute Gasteiger partial charge is 0.262 e. The zero-order valence-corrected chi connectivity index (χ0v) is 20.4. The molecule has 0 fully saturated rings. The number of aryl methyl sites for hydroxylation is 2. The Morgan fingerprint density at radius 1 is 0.970 bits per heavy atom. The zero-order chi connectivity index (χ0) is 24.2. The summed E-state index contributed by atoms with van der Waals surface area (Å²) in [6.45, 7) is 7.49. The first-order valence-corrected chi connectivity index (χ1v) is 12.3. The number of amides is 1. The third kappa shape index (κ3) is 5.54. The minimum atomic E-state index is -3.88. The quantitative estimate of drug-likeness (QED) is 0.472. The lowest BCUT2D eigenvalue weighted by Crippen LogP contribution is -2.28. The number of benzene rings is 3. The summed E-state index contributed by atoms with van der Waals surface area (Å²) in [5.74, 6) is 0.408. The highest BCUT2D eigenvalue weighted by molar-refractivity contribution is 7.92. The average Bonchev–Trinajstić information content (AvgIpc) is 2.80. The lowest BCUT2D eigenvalue weighted by Gasteiger charge is -2.19. The van der Waals surface area contributed by atoms with E-state index < -0.39 is 10.0 Å². The highest BCUT2D eigenvalue weighted by Crippen LogP contribution is 2.25. The van der Waals surface area contributed by atoms with Crippen molar-refractivity contribution in [1.29, 1.82) is 0 Å². The van der Waals surface area contributed by atoms with Crippen LogP contribution >= 0.6 is 0 Å². The summed E-state index contributed by atoms with van der Waals surface area (Å²) in [4.78, 5) is 13.1. The molecule has 0 aliphatic heterocycles. The van der Waals surface area contributed by atoms with Gasteiger partial charge in [0.05, 0.1) is 23.7 Å². The normalized spacial score (nSPS) is 12.2. The largest absolute Gasteiger partial charge is 0.497 e. The minimum Gasteiger partial charge on any atom is -0.497 e. The standard InChI is InChI=1S/C26H30N2O4S/c1-6-23(20-12-14-22(32-5)15-13-20)27-26(29)21-11-10-18(3)25(16-21)33(30,31)28-24-9-7-8-17(2)19(24)4/h7-16,23,28H,6H2,1-5H3,(H,27,29)/t23-/m1/s1. The van der Waals surface area contributed by atoms with E-state index in [9.17, 15) is 13.2 Å². The summed E-state index contributed by atoms with van der Waals surface area (Å²) in [5.41, 5.74) is 4.17. The van der Waals surface area contributed by atoms with Gasteiger partial charge in [-0.25, -0.2) is 8.42 Å². The van der Waals surface area contributed by atoms with Crippen LogP contribution < -0.4 is 14.8 Å². The molecule has 174 valence electrons. The van der Waals surface area contributed by atoms with Crippen molar-refractivity contribution < 1.29 is 17.9 Å². The van der Waals surface area contributed by atoms with Crippen LogP contribution in [0.3, 0.4) is 0 Å². The first-order valence-electron chi connectivity index (χ1n) is 10.8. The van der Waals surface area contributed by atoms with Gasteiger partial charge in [0.1, 0.15) is 5.75 Å². The van der Waals surface area contributed by atoms with Gasteiger partial charge in [-0.2, -0.15) is 0 Å². The number of methoxy groups -OCH3 is 1. The van der Waals surface area contributed by atoms with Gasteiger partial charge in [-0.3, -0.25) is 9.52 Å². The molecule has 3 aromatic carbocycles. The van der Waals surface area contributed by atoms with Crippen LogP contribution in [0.5, 0.6) is 5.75 Å². The van der Waals surface area contributed by atoms with E-state index in [2.05, 4.69) is 10.0 Å². The summed E-state index contributed by atoms with van der Waals surface area (Å²) in [7, 11) is -2.27. The molecule has 0 unspecified atom stereocenters. The molecule has 33 heavy (non-hydrogen) atoms. The van der Waals surface area contributed by atoms with E-state index >= 15 is 0 Å². The van der Waals surface area contributed by atoms with Gasteiger partial charge >= 0.3 is 0 Å². The molecule has 0 saturated heterocycles. The number of ether oxygens (including phenoxy) is 1. The first kappa shape index (κ1) is 24.3. The molecule has 3 aromatic rings. The summed E-state index contributed by atoms with van der Waals surface area (Å²) in [6.07, 6.45) is 0.684. The fourth-order valence-electron chi connectivity index (χ4n) is 3.59. The molecule has 0 aliphatic carbocycles. The van der Waals surface area contributed by atoms with Crippen LogP contribution in [0.2, 0.25) is 0 Å². The van der Waals surface area contributed by atoms with Crippen molar-refractivity contribution >= 4 is 21.6 Å². The van der Waals surface area contributed by atoms with Crippen molar-refractivity contribution in [3.63, 3.8) is 0 Å². The van der Waals surface area contributed by atoms with Crippen LogP contribution in [0.25, 0.3) is 0 Å². The number of carbonyl (C=O) groups excluding carboxylic acids is 1. The van der Waals surface area contributed by atoms with Gasteiger partial charge < -0.3 is 10.1 Å². The molecule has 0 spiro atoms. The van der Waals surface area contributed by atoms with Gasteiger partial charge in [0.2, 0.25) is 0 Å². The Bertz CT molecular complexity index is 1250. The van der Waals surface area contributed by atoms with Crippen LogP contribution in [0.15, 0.2) is 65.6 Å². The second kappa shape index (κ2) is 10.1. The van der Waals surface area contributed by atoms with Crippen LogP contribution in [0.1, 0.15) is 52.0 Å². The molecular formula is C26H30N2O4S. The first-order chi connectivity index (χ1) is 15.7. The fourth-order valence-corrected chi connectivity index (χ4v) is 4.99. The number of hydrogen-bond acceptors (Lipinski definition) is 4. The molecule has 6 nitrogen and oxygen atoms in total. The number of sulfonamides is 1. The highest BCUT2D eigenvalue weighted by Gasteiger charge is 2.21. The average molecular weight is 467 g/mol. The number of hydrogen-bond donors (Lipinski definition) is 2. The fraction of sp³-hybridized carbons (Fsp3) is 0.269. The highest BCUT2D eigenvalue weighted by atomic mass is 32.2. The van der Waals surface area contributed by atoms with Crippen molar-refractivity contribution in [3.8, 4) is 5.75 Å². The predicted molar refractivity (Wildman–Crippen MR) is 131 cm³/mol. The van der Waals surface area contributed by atoms with Crippen LogP contribution in [-0.2, 0) is 10.0 Å². The number of anilines is 1. The van der Waals surface area contributed by atoms with E-state index in [1.165, 1.54) is 6.07 Å². The SMILES string of the molecule is CC[C@@H](NC(=O)c1ccc(C)c(S(=O)(=O)Nc2cccc(C)c2C)c1)c1ccc(OC)cc1. The Balaban J connectivity index is 1.86. The molecule has 0 aliphatic rings. The van der Waals surface area contributed by atoms with Gasteiger partial charge in [-0.05, 0) is 79.8 Å². The Labute approximate surface area is 196 Å². The van der Waals surface area contributed by atoms with E-state index in [4.69, 9.17) is 4.74 Å². The third-order valence-corrected chi connectivity index (χ3v) is 7.33. The van der Waals surface area contributed by atoms with Crippen LogP contribution in [-0.4, -0.2) is 21.4 Å². The van der Waals surface area contributed by atoms with Crippen LogP contribution in [0, 0.1) is 20.8 Å². The maximum absolute atomic E-state index is 13.2. The summed E-state index contributed by atoms with van der Waals surface area (Å²) < 4.78 is 34.2. The van der Waals surface area contributed by atoms with Crippen molar-refractivity contribution in [2.24, 2.45) is 0 Å². The summed E-state index contributed by atoms with van der Waals surface area (Å²) in [6, 6.07) is 17.5. The molecular weight excluding hydrogens is 436 g/mol. The number of nitrogens with one attached hydrogen (secondary N) is 2. The Kier molecular flexibility index (Phi) is 7.43. The summed E-state index contributed by atoms with van der Waals surface area (Å²) in [5, 5.41) is 3.01. The number of rotatable bonds is 8. The second-order valence-corrected chi connectivity index (χ2v) is 9.69. The van der Waals surface area contributed by atoms with Gasteiger partial charge in [-0.15, -0.1) is 0 Å². The molecule has 0 saturated carbocycles. The lowest BCUT2D eigenvalue weighted by atomic mass is 10.0. The van der Waals surface area contributed by atoms with Crippen molar-refractivity contribution in [3.05, 3.63) is 88.5 Å². The molecule has 0 radical (unpaired) electrons. The molecule has 1 atom stereocenters. The predicted octanol–water partition coefficient (Wildman–Crippen LogP) is 5.30. The monoisotopic (exact) mass is 466 g/mol. The molecule has 3 rings (SSSR count). The Hall–Kier alpha value is -3.32. The van der Waals surface area contributed by atoms with Gasteiger partial charge in [-0.1, -0.05) is 37.3 Å². The molecule has 0 aromatic heterocycles. The third-order valence-electron chi connectivity index (χ3n) is 5.82. The summed E-state index contributed by atoms with van der Waals surface area (Å²) >= 11 is 0. The van der Waals surface area contributed by atoms with Crippen molar-refractivity contribution in [2.75, 3.05) is 11.8 Å². The molecule has 1 amide bonds. The van der Waals surface area contributed by atoms with Gasteiger partial charge in [0, 0.05) is 5.56 Å². The van der Waals surface area contributed by atoms with Crippen LogP contribution in [0.4, 0.5) is 5.69 Å². The van der Waals surface area contributed by atoms with Crippen molar-refractivity contribution in [2.45, 2.75) is 45.1 Å². The second-order valence-electron chi connectivity index (χ2n) is 8.04. The lowest BCUT2D eigenvalue weighted by molar-refractivity contribution is 0.0935. The van der Waals surface area contributed by atoms with E-state index in [1.54, 1.807) is 38.3 Å². The van der Waals surface area contributed by atoms with E-state index in [0.29, 0.717) is 17.7 Å². The molecule has 0 heterocycles. The van der Waals surface area contributed by atoms with Crippen molar-refractivity contribution in [1.82, 2.24) is 5.32 Å². The van der Waals surface area contributed by atoms with E-state index in [-0.39, 0.29) is 22.4 Å². The zero-order valence-electron chi connectivity index (χ0n) is 19.6. The van der Waals surface area contributed by atoms with Gasteiger partial charge in [0.15, 0.2) is 0 Å². The molecule has 2 N–H and O–H groups in total. The van der Waals surface area contributed by atoms with E-state index in [1.807, 2.05) is 51.1 Å². The Morgan fingerprint density at radius 3 is 2.30 bits per heavy atom. The van der Waals surface area contributed by atoms with E-state index in [0.717, 1.165) is 22.4 Å². The maximum Gasteiger partial charge on any atom is 0.262 e. The molecule has 7 heteroatoms. The maximum atomic E-state index is 13.2.